The molecule has 3 aliphatic heterocycles. The predicted octanol–water partition coefficient (Wildman–Crippen LogP) is 2.85. The fourth-order valence-electron chi connectivity index (χ4n) is 9.25. The molecule has 4 heterocycles. The molecule has 26 nitrogen and oxygen atoms in total. The number of carbonyl (C=O) groups is 8. The highest BCUT2D eigenvalue weighted by Crippen LogP contribution is 2.42. The molecule has 4 aliphatic rings. The first-order valence-corrected chi connectivity index (χ1v) is 25.7. The van der Waals surface area contributed by atoms with Crippen LogP contribution in [0.4, 0.5) is 23.3 Å². The quantitative estimate of drug-likeness (QED) is 0.0462. The van der Waals surface area contributed by atoms with Gasteiger partial charge in [-0.1, -0.05) is 6.07 Å². The van der Waals surface area contributed by atoms with Crippen molar-refractivity contribution in [2.45, 2.75) is 69.5 Å². The van der Waals surface area contributed by atoms with Crippen molar-refractivity contribution in [1.29, 1.82) is 0 Å². The van der Waals surface area contributed by atoms with Crippen molar-refractivity contribution in [3.8, 4) is 33.9 Å². The molecule has 80 heavy (non-hydrogen) atoms. The number of halogens is 1. The van der Waals surface area contributed by atoms with Gasteiger partial charge in [0, 0.05) is 71.9 Å². The number of rotatable bonds is 17. The van der Waals surface area contributed by atoms with E-state index < -0.39 is 84.4 Å². The van der Waals surface area contributed by atoms with Crippen molar-refractivity contribution in [3.05, 3.63) is 99.4 Å². The number of aromatic hydroxyl groups is 1. The lowest BCUT2D eigenvalue weighted by Gasteiger charge is -2.31. The summed E-state index contributed by atoms with van der Waals surface area (Å²) in [5, 5.41) is 46.3. The highest BCUT2D eigenvalue weighted by atomic mass is 35.5. The molecule has 0 saturated carbocycles. The number of amides is 6. The van der Waals surface area contributed by atoms with Gasteiger partial charge in [-0.05, 0) is 117 Å². The molecule has 4 aromatic rings. The summed E-state index contributed by atoms with van der Waals surface area (Å²) in [6, 6.07) is 13.3. The molecule has 8 rings (SSSR count). The number of unbranched alkanes of at least 4 members (excludes halogenated alkanes) is 1. The van der Waals surface area contributed by atoms with Crippen LogP contribution in [-0.2, 0) is 28.8 Å². The number of nitrogens with zero attached hydrogens (tertiary/aromatic N) is 4. The molecule has 13 N–H and O–H groups in total. The topological polar surface area (TPSA) is 403 Å². The van der Waals surface area contributed by atoms with E-state index in [1.165, 1.54) is 48.5 Å². The van der Waals surface area contributed by atoms with Crippen LogP contribution in [-0.4, -0.2) is 129 Å². The predicted molar refractivity (Wildman–Crippen MR) is 289 cm³/mol. The molecule has 0 unspecified atom stereocenters. The first-order chi connectivity index (χ1) is 38.3. The Bertz CT molecular complexity index is 3420. The van der Waals surface area contributed by atoms with Crippen LogP contribution >= 0.6 is 11.6 Å². The maximum atomic E-state index is 13.9. The Morgan fingerprint density at radius 2 is 1.52 bits per heavy atom. The standard InChI is InChI=1S/C53H55ClN12O14/c54-51-63-52(59-28-4-8-31(34(21-28)50(77)78)44-32-9-6-29(67)23-40(32)80-41-24-30(68)7-10-33(41)44)65-53(64-51)66-18-14-26(15-19-66)46(73)57-25-42(69)58-27-5-12-39-35(22-27)47(74)61-38(11-13-43(70)71)49(76)62-37(3-1-2-17-55)48(75)60-36(45(56)72)16-20-79-39/h4-10,12,21-24,26,36-38,67H,1-3,11,13-20,25,55H2,(H2,56,72)(H,57,73)(H,58,69)(H,60,75)(H,61,74)(H,62,76)(H,70,71)(H,77,78)(H,59,63,64,65)/t36-,37-,38-/m0/s1. The molecular weight excluding hydrogens is 1060 g/mol. The van der Waals surface area contributed by atoms with E-state index in [4.69, 9.17) is 32.2 Å². The number of benzene rings is 4. The Morgan fingerprint density at radius 1 is 0.787 bits per heavy atom. The maximum absolute atomic E-state index is 13.9. The number of carboxylic acid groups (broad SMARTS) is 2. The number of phenols is 1. The van der Waals surface area contributed by atoms with Gasteiger partial charge in [0.25, 0.3) is 5.91 Å². The number of phenolic OH excluding ortho intramolecular Hbond substituents is 1. The summed E-state index contributed by atoms with van der Waals surface area (Å²) in [6.45, 7) is 0.206. The molecule has 27 heteroatoms. The smallest absolute Gasteiger partial charge is 0.336 e. The average Bonchev–Trinajstić information content (AvgIpc) is 3.58. The first-order valence-electron chi connectivity index (χ1n) is 25.3. The van der Waals surface area contributed by atoms with E-state index >= 15 is 0 Å². The van der Waals surface area contributed by atoms with E-state index in [0.29, 0.717) is 67.4 Å². The Morgan fingerprint density at radius 3 is 2.26 bits per heavy atom. The second-order valence-corrected chi connectivity index (χ2v) is 19.2. The molecule has 1 fully saturated rings. The third-order valence-corrected chi connectivity index (χ3v) is 13.5. The minimum atomic E-state index is -1.46. The highest BCUT2D eigenvalue weighted by Gasteiger charge is 2.32. The number of carbonyl (C=O) groups excluding carboxylic acids is 6. The zero-order valence-electron chi connectivity index (χ0n) is 42.6. The van der Waals surface area contributed by atoms with Gasteiger partial charge < -0.3 is 72.7 Å². The third-order valence-electron chi connectivity index (χ3n) is 13.3. The molecule has 0 bridgehead atoms. The summed E-state index contributed by atoms with van der Waals surface area (Å²) in [7, 11) is 0. The number of hydrogen-bond donors (Lipinski definition) is 11. The van der Waals surface area contributed by atoms with Crippen LogP contribution in [0, 0.1) is 5.92 Å². The zero-order chi connectivity index (χ0) is 57.2. The number of aliphatic carboxylic acids is 1. The van der Waals surface area contributed by atoms with Gasteiger partial charge in [-0.15, -0.1) is 0 Å². The van der Waals surface area contributed by atoms with Crippen LogP contribution in [0.3, 0.4) is 0 Å². The normalized spacial score (nSPS) is 17.2. The zero-order valence-corrected chi connectivity index (χ0v) is 43.3. The van der Waals surface area contributed by atoms with E-state index in [9.17, 15) is 58.5 Å². The minimum Gasteiger partial charge on any atom is -0.508 e. The number of piperidine rings is 1. The Kier molecular flexibility index (Phi) is 18.0. The van der Waals surface area contributed by atoms with Crippen molar-refractivity contribution < 1.29 is 62.8 Å². The SMILES string of the molecule is NCCCC[C@@H]1NC(=O)[C@H](CCC(=O)O)NC(=O)c2cc(NC(=O)CNC(=O)C3CCN(c4nc(Cl)nc(Nc5ccc(-c6c7ccc(=O)cc-7oc7cc(O)ccc67)c(C(=O)O)c5)n4)CC3)ccc2OCC[C@@H](C(N)=O)NC1=O. The van der Waals surface area contributed by atoms with Crippen molar-refractivity contribution in [2.75, 3.05) is 48.3 Å². The molecular formula is C53H55ClN12O14. The maximum Gasteiger partial charge on any atom is 0.336 e. The lowest BCUT2D eigenvalue weighted by atomic mass is 9.90. The van der Waals surface area contributed by atoms with E-state index in [2.05, 4.69) is 46.9 Å². The molecule has 0 radical (unpaired) electrons. The van der Waals surface area contributed by atoms with E-state index in [1.807, 2.05) is 0 Å². The summed E-state index contributed by atoms with van der Waals surface area (Å²) in [6.07, 6.45) is 0.631. The van der Waals surface area contributed by atoms with Gasteiger partial charge in [0.2, 0.25) is 46.7 Å². The summed E-state index contributed by atoms with van der Waals surface area (Å²) >= 11 is 6.36. The van der Waals surface area contributed by atoms with Crippen LogP contribution in [0.5, 0.6) is 11.5 Å². The largest absolute Gasteiger partial charge is 0.508 e. The van der Waals surface area contributed by atoms with Crippen molar-refractivity contribution in [2.24, 2.45) is 17.4 Å². The summed E-state index contributed by atoms with van der Waals surface area (Å²) < 4.78 is 11.8. The molecule has 3 atom stereocenters. The van der Waals surface area contributed by atoms with Gasteiger partial charge in [-0.25, -0.2) is 4.79 Å². The minimum absolute atomic E-state index is 0.00601. The number of aromatic nitrogens is 3. The molecule has 3 aromatic carbocycles. The van der Waals surface area contributed by atoms with Gasteiger partial charge in [0.1, 0.15) is 41.0 Å². The van der Waals surface area contributed by atoms with Crippen molar-refractivity contribution in [1.82, 2.24) is 36.2 Å². The number of primary amides is 1. The van der Waals surface area contributed by atoms with Crippen molar-refractivity contribution >= 4 is 93.2 Å². The molecule has 0 spiro atoms. The second kappa shape index (κ2) is 25.4. The van der Waals surface area contributed by atoms with Crippen LogP contribution in [0.1, 0.15) is 72.1 Å². The van der Waals surface area contributed by atoms with Gasteiger partial charge in [0.15, 0.2) is 5.43 Å². The fraction of sp³-hybridized carbons (Fsp3) is 0.321. The molecule has 1 aliphatic carbocycles. The van der Waals surface area contributed by atoms with Crippen LogP contribution in [0.25, 0.3) is 33.4 Å². The number of carboxylic acids is 2. The summed E-state index contributed by atoms with van der Waals surface area (Å²) in [5.74, 6) is -7.28. The van der Waals surface area contributed by atoms with Gasteiger partial charge >= 0.3 is 11.9 Å². The number of nitrogens with one attached hydrogen (secondary N) is 6. The van der Waals surface area contributed by atoms with Crippen LogP contribution in [0.15, 0.2) is 82.0 Å². The van der Waals surface area contributed by atoms with Crippen LogP contribution < -0.4 is 58.4 Å². The Hall–Kier alpha value is -9.43. The van der Waals surface area contributed by atoms with Crippen LogP contribution in [0.2, 0.25) is 5.28 Å². The number of fused-ring (bicyclic) bond motifs is 3. The number of nitrogens with two attached hydrogens (primary N) is 2. The molecule has 418 valence electrons. The Balaban J connectivity index is 0.899. The van der Waals surface area contributed by atoms with E-state index in [0.717, 1.165) is 0 Å². The molecule has 6 amide bonds. The van der Waals surface area contributed by atoms with Crippen molar-refractivity contribution in [3.63, 3.8) is 0 Å². The van der Waals surface area contributed by atoms with Gasteiger partial charge in [0.05, 0.1) is 24.3 Å². The summed E-state index contributed by atoms with van der Waals surface area (Å²) in [4.78, 5) is 131. The van der Waals surface area contributed by atoms with E-state index in [-0.39, 0.29) is 93.8 Å². The van der Waals surface area contributed by atoms with Gasteiger partial charge in [-0.3, -0.25) is 38.4 Å². The number of aromatic carboxylic acids is 1. The lowest BCUT2D eigenvalue weighted by Crippen LogP contribution is -2.56. The highest BCUT2D eigenvalue weighted by molar-refractivity contribution is 6.28. The number of anilines is 4. The second-order valence-electron chi connectivity index (χ2n) is 18.9. The monoisotopic (exact) mass is 1120 g/mol. The molecule has 1 saturated heterocycles. The third kappa shape index (κ3) is 14.0. The number of hydrogen-bond acceptors (Lipinski definition) is 18. The Labute approximate surface area is 459 Å². The fourth-order valence-corrected chi connectivity index (χ4v) is 9.41. The molecule has 1 aromatic heterocycles. The lowest BCUT2D eigenvalue weighted by molar-refractivity contribution is -0.137. The average molecular weight is 1120 g/mol. The van der Waals surface area contributed by atoms with Gasteiger partial charge in [-0.2, -0.15) is 15.0 Å². The van der Waals surface area contributed by atoms with E-state index in [1.54, 1.807) is 29.2 Å². The summed E-state index contributed by atoms with van der Waals surface area (Å²) in [5.41, 5.74) is 12.4. The number of ether oxygens (including phenoxy) is 1. The first kappa shape index (κ1) is 56.8.